The van der Waals surface area contributed by atoms with Crippen molar-refractivity contribution in [2.45, 2.75) is 58.8 Å². The number of nitrogens with one attached hydrogen (secondary N) is 1. The van der Waals surface area contributed by atoms with Crippen LogP contribution in [0.4, 0.5) is 10.5 Å². The van der Waals surface area contributed by atoms with Gasteiger partial charge < -0.3 is 10.4 Å². The summed E-state index contributed by atoms with van der Waals surface area (Å²) in [5.41, 5.74) is 4.13. The van der Waals surface area contributed by atoms with Gasteiger partial charge in [-0.2, -0.15) is 0 Å². The summed E-state index contributed by atoms with van der Waals surface area (Å²) in [6.07, 6.45) is 8.90. The molecule has 0 unspecified atom stereocenters. The van der Waals surface area contributed by atoms with Gasteiger partial charge in [-0.1, -0.05) is 82.3 Å². The first-order valence-electron chi connectivity index (χ1n) is 11.6. The van der Waals surface area contributed by atoms with Crippen LogP contribution in [0, 0.1) is 0 Å². The largest absolute Gasteiger partial charge is 0.478 e. The Morgan fingerprint density at radius 3 is 2.31 bits per heavy atom. The van der Waals surface area contributed by atoms with E-state index in [1.807, 2.05) is 55.5 Å². The average molecular weight is 437 g/mol. The Morgan fingerprint density at radius 2 is 1.66 bits per heavy atom. The van der Waals surface area contributed by atoms with Crippen molar-refractivity contribution >= 4 is 23.8 Å². The van der Waals surface area contributed by atoms with Gasteiger partial charge in [0.25, 0.3) is 0 Å². The van der Waals surface area contributed by atoms with Crippen molar-refractivity contribution in [2.75, 3.05) is 18.5 Å². The number of amides is 2. The predicted octanol–water partition coefficient (Wildman–Crippen LogP) is 6.74. The van der Waals surface area contributed by atoms with Crippen molar-refractivity contribution in [1.29, 1.82) is 0 Å². The van der Waals surface area contributed by atoms with Crippen LogP contribution in [-0.4, -0.2) is 30.7 Å². The molecule has 0 heterocycles. The van der Waals surface area contributed by atoms with Gasteiger partial charge in [0.1, 0.15) is 0 Å². The fourth-order valence-corrected chi connectivity index (χ4v) is 3.54. The van der Waals surface area contributed by atoms with E-state index in [1.165, 1.54) is 19.3 Å². The Balaban J connectivity index is 2.03. The third-order valence-corrected chi connectivity index (χ3v) is 5.47. The zero-order valence-corrected chi connectivity index (χ0v) is 19.6. The molecule has 0 aliphatic rings. The minimum atomic E-state index is -0.870. The van der Waals surface area contributed by atoms with E-state index in [0.29, 0.717) is 18.5 Å². The number of carboxylic acid groups (broad SMARTS) is 1. The van der Waals surface area contributed by atoms with Gasteiger partial charge in [0.2, 0.25) is 0 Å². The lowest BCUT2D eigenvalue weighted by Crippen LogP contribution is -2.37. The van der Waals surface area contributed by atoms with Gasteiger partial charge in [0.15, 0.2) is 0 Å². The maximum absolute atomic E-state index is 12.5. The zero-order valence-electron chi connectivity index (χ0n) is 19.6. The summed E-state index contributed by atoms with van der Waals surface area (Å²) in [4.78, 5) is 25.5. The molecule has 0 fully saturated rings. The highest BCUT2D eigenvalue weighted by Crippen LogP contribution is 2.25. The third-order valence-electron chi connectivity index (χ3n) is 5.47. The van der Waals surface area contributed by atoms with Crippen molar-refractivity contribution < 1.29 is 14.7 Å². The molecule has 0 saturated carbocycles. The van der Waals surface area contributed by atoms with Crippen LogP contribution in [-0.2, 0) is 4.79 Å². The molecule has 172 valence electrons. The first-order valence-corrected chi connectivity index (χ1v) is 11.6. The van der Waals surface area contributed by atoms with Gasteiger partial charge >= 0.3 is 12.0 Å². The minimum Gasteiger partial charge on any atom is -0.478 e. The standard InChI is InChI=1S/C27H36N2O3/c1-4-6-7-8-9-18-28-27(32)29(3)25-13-10-12-23(20-25)22-16-14-21(15-17-22)19-24(11-5-2)26(30)31/h10,12-17,19-20H,4-9,11,18H2,1-3H3,(H,28,32)(H,30,31). The molecule has 0 spiro atoms. The highest BCUT2D eigenvalue weighted by Gasteiger charge is 2.11. The van der Waals surface area contributed by atoms with E-state index in [1.54, 1.807) is 18.0 Å². The molecule has 0 saturated heterocycles. The number of aliphatic carboxylic acids is 1. The van der Waals surface area contributed by atoms with Gasteiger partial charge in [-0.05, 0) is 47.7 Å². The molecule has 0 atom stereocenters. The number of urea groups is 1. The molecule has 0 aliphatic heterocycles. The number of rotatable bonds is 12. The molecule has 5 heteroatoms. The van der Waals surface area contributed by atoms with Crippen LogP contribution in [0.3, 0.4) is 0 Å². The lowest BCUT2D eigenvalue weighted by molar-refractivity contribution is -0.132. The molecule has 2 rings (SSSR count). The Hall–Kier alpha value is -3.08. The van der Waals surface area contributed by atoms with Crippen molar-refractivity contribution in [3.05, 3.63) is 59.7 Å². The Kier molecular flexibility index (Phi) is 10.5. The summed E-state index contributed by atoms with van der Waals surface area (Å²) in [5.74, 6) is -0.870. The minimum absolute atomic E-state index is 0.102. The smallest absolute Gasteiger partial charge is 0.331 e. The second-order valence-corrected chi connectivity index (χ2v) is 8.10. The summed E-state index contributed by atoms with van der Waals surface area (Å²) >= 11 is 0. The Bertz CT molecular complexity index is 903. The maximum atomic E-state index is 12.5. The Morgan fingerprint density at radius 1 is 0.938 bits per heavy atom. The molecular weight excluding hydrogens is 400 g/mol. The van der Waals surface area contributed by atoms with Gasteiger partial charge in [0, 0.05) is 24.9 Å². The third kappa shape index (κ3) is 7.88. The van der Waals surface area contributed by atoms with Gasteiger partial charge in [-0.25, -0.2) is 9.59 Å². The van der Waals surface area contributed by atoms with Crippen molar-refractivity contribution in [3.8, 4) is 11.1 Å². The summed E-state index contributed by atoms with van der Waals surface area (Å²) < 4.78 is 0. The molecule has 2 aromatic carbocycles. The molecule has 2 amide bonds. The van der Waals surface area contributed by atoms with Crippen molar-refractivity contribution in [3.63, 3.8) is 0 Å². The molecule has 0 aromatic heterocycles. The topological polar surface area (TPSA) is 69.6 Å². The normalized spacial score (nSPS) is 11.3. The van der Waals surface area contributed by atoms with Crippen LogP contribution in [0.1, 0.15) is 64.4 Å². The number of benzene rings is 2. The van der Waals surface area contributed by atoms with Gasteiger partial charge in [-0.3, -0.25) is 4.90 Å². The van der Waals surface area contributed by atoms with Crippen LogP contribution in [0.25, 0.3) is 17.2 Å². The average Bonchev–Trinajstić information content (AvgIpc) is 2.81. The fourth-order valence-electron chi connectivity index (χ4n) is 3.54. The van der Waals surface area contributed by atoms with E-state index >= 15 is 0 Å². The highest BCUT2D eigenvalue weighted by molar-refractivity contribution is 5.93. The second kappa shape index (κ2) is 13.4. The van der Waals surface area contributed by atoms with E-state index in [9.17, 15) is 14.7 Å². The molecule has 0 bridgehead atoms. The van der Waals surface area contributed by atoms with Gasteiger partial charge in [-0.15, -0.1) is 0 Å². The molecule has 32 heavy (non-hydrogen) atoms. The number of carbonyl (C=O) groups is 2. The molecule has 0 aliphatic carbocycles. The van der Waals surface area contributed by atoms with Crippen molar-refractivity contribution in [2.24, 2.45) is 0 Å². The lowest BCUT2D eigenvalue weighted by Gasteiger charge is -2.19. The first-order chi connectivity index (χ1) is 15.5. The van der Waals surface area contributed by atoms with E-state index in [-0.39, 0.29) is 6.03 Å². The number of nitrogens with zero attached hydrogens (tertiary/aromatic N) is 1. The molecular formula is C27H36N2O3. The lowest BCUT2D eigenvalue weighted by atomic mass is 10.0. The summed E-state index contributed by atoms with van der Waals surface area (Å²) in [6, 6.07) is 15.6. The number of carboxylic acids is 1. The second-order valence-electron chi connectivity index (χ2n) is 8.10. The molecule has 0 radical (unpaired) electrons. The van der Waals surface area contributed by atoms with E-state index in [2.05, 4.69) is 12.2 Å². The van der Waals surface area contributed by atoms with E-state index in [0.717, 1.165) is 41.6 Å². The number of unbranched alkanes of at least 4 members (excludes halogenated alkanes) is 4. The van der Waals surface area contributed by atoms with Crippen molar-refractivity contribution in [1.82, 2.24) is 5.32 Å². The van der Waals surface area contributed by atoms with Crippen LogP contribution in [0.15, 0.2) is 54.1 Å². The van der Waals surface area contributed by atoms with Crippen LogP contribution >= 0.6 is 0 Å². The van der Waals surface area contributed by atoms with Gasteiger partial charge in [0.05, 0.1) is 0 Å². The van der Waals surface area contributed by atoms with E-state index < -0.39 is 5.97 Å². The van der Waals surface area contributed by atoms with Crippen LogP contribution < -0.4 is 10.2 Å². The monoisotopic (exact) mass is 436 g/mol. The van der Waals surface area contributed by atoms with Crippen LogP contribution in [0.2, 0.25) is 0 Å². The fraction of sp³-hybridized carbons (Fsp3) is 0.407. The molecule has 5 nitrogen and oxygen atoms in total. The number of carbonyl (C=O) groups excluding carboxylic acids is 1. The quantitative estimate of drug-likeness (QED) is 0.286. The first kappa shape index (κ1) is 25.2. The summed E-state index contributed by atoms with van der Waals surface area (Å²) in [6.45, 7) is 4.86. The highest BCUT2D eigenvalue weighted by atomic mass is 16.4. The zero-order chi connectivity index (χ0) is 23.3. The molecule has 2 N–H and O–H groups in total. The molecule has 2 aromatic rings. The summed E-state index contributed by atoms with van der Waals surface area (Å²) in [5, 5.41) is 12.3. The SMILES string of the molecule is CCCCCCCNC(=O)N(C)c1cccc(-c2ccc(C=C(CCC)C(=O)O)cc2)c1. The number of anilines is 1. The number of hydrogen-bond donors (Lipinski definition) is 2. The number of hydrogen-bond acceptors (Lipinski definition) is 2. The van der Waals surface area contributed by atoms with Crippen LogP contribution in [0.5, 0.6) is 0 Å². The van der Waals surface area contributed by atoms with E-state index in [4.69, 9.17) is 0 Å². The maximum Gasteiger partial charge on any atom is 0.331 e. The summed E-state index contributed by atoms with van der Waals surface area (Å²) in [7, 11) is 1.78. The Labute approximate surface area is 192 Å². The predicted molar refractivity (Wildman–Crippen MR) is 133 cm³/mol.